The molecular weight excluding hydrogens is 705 g/mol. The fraction of sp³-hybridized carbons (Fsp3) is 0.158. The van der Waals surface area contributed by atoms with Crippen LogP contribution in [0.3, 0.4) is 0 Å². The number of pyridine rings is 1. The number of fused-ring (bicyclic) bond motifs is 6. The molecule has 7 aromatic rings. The van der Waals surface area contributed by atoms with Gasteiger partial charge in [0.15, 0.2) is 0 Å². The quantitative estimate of drug-likeness (QED) is 0.169. The van der Waals surface area contributed by atoms with Gasteiger partial charge in [-0.2, -0.15) is 6.67 Å². The van der Waals surface area contributed by atoms with E-state index in [1.165, 1.54) is 54.8 Å². The van der Waals surface area contributed by atoms with Gasteiger partial charge in [0.25, 0.3) is 0 Å². The van der Waals surface area contributed by atoms with Gasteiger partial charge in [-0.15, -0.1) is 59.0 Å². The fourth-order valence-corrected chi connectivity index (χ4v) is 5.74. The van der Waals surface area contributed by atoms with E-state index in [1.54, 1.807) is 0 Å². The minimum atomic E-state index is 0. The average molecular weight is 738 g/mol. The van der Waals surface area contributed by atoms with E-state index in [-0.39, 0.29) is 20.1 Å². The molecule has 0 saturated carbocycles. The van der Waals surface area contributed by atoms with Gasteiger partial charge in [0.1, 0.15) is 0 Å². The third-order valence-electron chi connectivity index (χ3n) is 8.26. The van der Waals surface area contributed by atoms with E-state index < -0.39 is 0 Å². The van der Waals surface area contributed by atoms with Gasteiger partial charge in [0, 0.05) is 22.6 Å². The first-order valence-corrected chi connectivity index (χ1v) is 14.5. The third kappa shape index (κ3) is 5.07. The molecule has 0 unspecified atom stereocenters. The minimum Gasteiger partial charge on any atom is -0.506 e. The number of hydrogen-bond donors (Lipinski definition) is 0. The zero-order valence-corrected chi connectivity index (χ0v) is 27.4. The van der Waals surface area contributed by atoms with E-state index in [9.17, 15) is 0 Å². The Hall–Kier alpha value is -4.18. The zero-order chi connectivity index (χ0) is 29.0. The fourth-order valence-electron chi connectivity index (χ4n) is 5.74. The molecule has 0 spiro atoms. The van der Waals surface area contributed by atoms with E-state index in [4.69, 9.17) is 0 Å². The summed E-state index contributed by atoms with van der Waals surface area (Å²) in [5.41, 5.74) is 10.6. The van der Waals surface area contributed by atoms with Crippen molar-refractivity contribution in [3.05, 3.63) is 133 Å². The van der Waals surface area contributed by atoms with E-state index in [0.717, 1.165) is 16.9 Å². The van der Waals surface area contributed by atoms with Crippen LogP contribution in [0, 0.1) is 39.6 Å². The Morgan fingerprint density at radius 1 is 0.791 bits per heavy atom. The van der Waals surface area contributed by atoms with Gasteiger partial charge in [0.05, 0.1) is 0 Å². The van der Waals surface area contributed by atoms with Crippen molar-refractivity contribution in [1.29, 1.82) is 0 Å². The maximum atomic E-state index is 4.41. The molecule has 4 nitrogen and oxygen atoms in total. The number of rotatable bonds is 3. The Bertz CT molecular complexity index is 2090. The van der Waals surface area contributed by atoms with Gasteiger partial charge in [-0.05, 0) is 74.4 Å². The van der Waals surface area contributed by atoms with Crippen molar-refractivity contribution in [2.45, 2.75) is 40.7 Å². The number of nitrogens with zero attached hydrogens (tertiary/aromatic N) is 4. The van der Waals surface area contributed by atoms with Crippen LogP contribution in [0.1, 0.15) is 30.5 Å². The molecular formula is C38H33IrN4. The van der Waals surface area contributed by atoms with Gasteiger partial charge in [-0.1, -0.05) is 66.0 Å². The van der Waals surface area contributed by atoms with Crippen LogP contribution in [0.5, 0.6) is 0 Å². The molecule has 4 aromatic carbocycles. The number of aromatic nitrogens is 2. The molecule has 0 atom stereocenters. The summed E-state index contributed by atoms with van der Waals surface area (Å²) in [4.78, 5) is 8.76. The SMILES string of the molecule is CC(C)N1C=CN(c2[c-]c3c4cccc5c6ccccc6n(c3cc2)c45)[CH-]1.Cc1c[c-]c(-c2cc(C)c(C)cn2)cc1.[Ir+3]. The van der Waals surface area contributed by atoms with Crippen LogP contribution in [0.25, 0.3) is 49.4 Å². The smallest absolute Gasteiger partial charge is 0.506 e. The van der Waals surface area contributed by atoms with Gasteiger partial charge in [-0.25, -0.2) is 0 Å². The second-order valence-electron chi connectivity index (χ2n) is 11.5. The van der Waals surface area contributed by atoms with E-state index in [1.807, 2.05) is 12.3 Å². The summed E-state index contributed by atoms with van der Waals surface area (Å²) < 4.78 is 2.39. The summed E-state index contributed by atoms with van der Waals surface area (Å²) in [5.74, 6) is 0. The zero-order valence-electron chi connectivity index (χ0n) is 25.0. The van der Waals surface area contributed by atoms with Crippen molar-refractivity contribution in [3.8, 4) is 11.3 Å². The molecule has 0 amide bonds. The molecule has 5 heteroatoms. The minimum absolute atomic E-state index is 0. The molecule has 43 heavy (non-hydrogen) atoms. The second kappa shape index (κ2) is 11.5. The van der Waals surface area contributed by atoms with E-state index >= 15 is 0 Å². The van der Waals surface area contributed by atoms with Crippen molar-refractivity contribution >= 4 is 43.8 Å². The van der Waals surface area contributed by atoms with E-state index in [0.29, 0.717) is 6.04 Å². The molecule has 1 aliphatic rings. The number of benzene rings is 4. The summed E-state index contributed by atoms with van der Waals surface area (Å²) in [7, 11) is 0. The third-order valence-corrected chi connectivity index (χ3v) is 8.26. The van der Waals surface area contributed by atoms with Gasteiger partial charge >= 0.3 is 20.1 Å². The van der Waals surface area contributed by atoms with Crippen LogP contribution in [0.15, 0.2) is 97.5 Å². The Labute approximate surface area is 267 Å². The summed E-state index contributed by atoms with van der Waals surface area (Å²) >= 11 is 0. The predicted molar refractivity (Wildman–Crippen MR) is 176 cm³/mol. The molecule has 0 aliphatic carbocycles. The van der Waals surface area contributed by atoms with Crippen molar-refractivity contribution in [3.63, 3.8) is 0 Å². The first-order valence-electron chi connectivity index (χ1n) is 14.5. The van der Waals surface area contributed by atoms with Crippen LogP contribution in [0.4, 0.5) is 5.69 Å². The van der Waals surface area contributed by atoms with Crippen LogP contribution < -0.4 is 4.90 Å². The van der Waals surface area contributed by atoms with Crippen molar-refractivity contribution in [1.82, 2.24) is 14.3 Å². The predicted octanol–water partition coefficient (Wildman–Crippen LogP) is 9.23. The summed E-state index contributed by atoms with van der Waals surface area (Å²) in [5, 5.41) is 5.08. The van der Waals surface area contributed by atoms with Crippen molar-refractivity contribution in [2.24, 2.45) is 0 Å². The molecule has 0 bridgehead atoms. The monoisotopic (exact) mass is 738 g/mol. The average Bonchev–Trinajstić information content (AvgIpc) is 3.71. The Balaban J connectivity index is 0.000000176. The van der Waals surface area contributed by atoms with Gasteiger partial charge in [-0.3, -0.25) is 0 Å². The van der Waals surface area contributed by atoms with Crippen LogP contribution in [-0.2, 0) is 20.1 Å². The molecule has 8 rings (SSSR count). The standard InChI is InChI=1S/C24H19N3.C14H14N.Ir/c1-16(2)25-12-13-26(15-25)17-10-11-23-21(14-17)20-8-5-7-19-18-6-3-4-9-22(18)27(23)24(19)20;1-10-4-6-13(7-5-10)14-8-11(2)12(3)9-15-14;/h3-13,15-16H,1-2H3;4-6,8-9H,1-3H3;/q-2;-1;+3. The largest absolute Gasteiger partial charge is 3.00 e. The normalized spacial score (nSPS) is 13.0. The molecule has 0 N–H and O–H groups in total. The van der Waals surface area contributed by atoms with E-state index in [2.05, 4.69) is 158 Å². The maximum absolute atomic E-state index is 4.41. The molecule has 1 aliphatic heterocycles. The molecule has 4 heterocycles. The molecule has 0 fully saturated rings. The second-order valence-corrected chi connectivity index (χ2v) is 11.5. The number of hydrogen-bond acceptors (Lipinski definition) is 3. The number of aryl methyl sites for hydroxylation is 3. The topological polar surface area (TPSA) is 23.8 Å². The first kappa shape index (κ1) is 28.9. The van der Waals surface area contributed by atoms with Gasteiger partial charge < -0.3 is 19.2 Å². The van der Waals surface area contributed by atoms with Crippen LogP contribution in [-0.4, -0.2) is 20.3 Å². The number of para-hydroxylation sites is 2. The number of anilines is 1. The Kier molecular flexibility index (Phi) is 7.72. The first-order chi connectivity index (χ1) is 20.4. The molecule has 3 aromatic heterocycles. The molecule has 0 radical (unpaired) electrons. The van der Waals surface area contributed by atoms with Crippen molar-refractivity contribution < 1.29 is 20.1 Å². The summed E-state index contributed by atoms with van der Waals surface area (Å²) in [6.45, 7) is 12.8. The summed E-state index contributed by atoms with van der Waals surface area (Å²) in [6.07, 6.45) is 6.13. The Morgan fingerprint density at radius 3 is 2.33 bits per heavy atom. The van der Waals surface area contributed by atoms with Crippen LogP contribution >= 0.6 is 0 Å². The molecule has 0 saturated heterocycles. The summed E-state index contributed by atoms with van der Waals surface area (Å²) in [6, 6.07) is 35.3. The molecule has 214 valence electrons. The maximum Gasteiger partial charge on any atom is 3.00 e. The van der Waals surface area contributed by atoms with Gasteiger partial charge in [0.2, 0.25) is 0 Å². The Morgan fingerprint density at radius 2 is 1.58 bits per heavy atom. The van der Waals surface area contributed by atoms with Crippen molar-refractivity contribution in [2.75, 3.05) is 4.90 Å². The van der Waals surface area contributed by atoms with Crippen LogP contribution in [0.2, 0.25) is 0 Å².